The molecule has 1 amide bonds. The Morgan fingerprint density at radius 2 is 1.97 bits per heavy atom. The maximum Gasteiger partial charge on any atom is 0.246 e. The normalized spacial score (nSPS) is 15.2. The van der Waals surface area contributed by atoms with Crippen molar-refractivity contribution in [3.05, 3.63) is 59.6 Å². The molecule has 32 heavy (non-hydrogen) atoms. The van der Waals surface area contributed by atoms with Gasteiger partial charge in [-0.25, -0.2) is 4.98 Å². The van der Waals surface area contributed by atoms with Crippen LogP contribution in [0.15, 0.2) is 56.8 Å². The monoisotopic (exact) mass is 449 g/mol. The molecule has 1 aliphatic rings. The molecule has 0 saturated carbocycles. The van der Waals surface area contributed by atoms with Crippen LogP contribution in [0.25, 0.3) is 27.9 Å². The van der Waals surface area contributed by atoms with Crippen molar-refractivity contribution in [1.82, 2.24) is 24.9 Å². The van der Waals surface area contributed by atoms with Gasteiger partial charge < -0.3 is 13.8 Å². The SMILES string of the molecule is O=C(/C=C/c1nc2ccccc2o1)N1CCN(CCCc2nc(-c3cccs3)no2)CC1. The summed E-state index contributed by atoms with van der Waals surface area (Å²) in [6.07, 6.45) is 4.88. The van der Waals surface area contributed by atoms with Crippen molar-refractivity contribution in [2.45, 2.75) is 12.8 Å². The third kappa shape index (κ3) is 4.79. The second-order valence-electron chi connectivity index (χ2n) is 7.61. The summed E-state index contributed by atoms with van der Waals surface area (Å²) in [4.78, 5) is 26.6. The molecule has 0 N–H and O–H groups in total. The Kier molecular flexibility index (Phi) is 6.09. The Bertz CT molecular complexity index is 1170. The van der Waals surface area contributed by atoms with E-state index in [0.717, 1.165) is 48.5 Å². The molecule has 4 heterocycles. The van der Waals surface area contributed by atoms with E-state index in [1.807, 2.05) is 46.7 Å². The third-order valence-corrected chi connectivity index (χ3v) is 6.30. The first-order chi connectivity index (χ1) is 15.7. The van der Waals surface area contributed by atoms with E-state index in [-0.39, 0.29) is 5.91 Å². The fourth-order valence-electron chi connectivity index (χ4n) is 3.72. The number of benzene rings is 1. The number of hydrogen-bond acceptors (Lipinski definition) is 8. The molecule has 5 rings (SSSR count). The van der Waals surface area contributed by atoms with Crippen molar-refractivity contribution in [2.75, 3.05) is 32.7 Å². The molecule has 1 fully saturated rings. The van der Waals surface area contributed by atoms with Crippen molar-refractivity contribution >= 4 is 34.4 Å². The minimum absolute atomic E-state index is 0.0149. The fraction of sp³-hybridized carbons (Fsp3) is 0.304. The van der Waals surface area contributed by atoms with Crippen LogP contribution in [0.1, 0.15) is 18.2 Å². The smallest absolute Gasteiger partial charge is 0.246 e. The lowest BCUT2D eigenvalue weighted by Crippen LogP contribution is -2.48. The highest BCUT2D eigenvalue weighted by Gasteiger charge is 2.20. The zero-order chi connectivity index (χ0) is 21.8. The maximum absolute atomic E-state index is 12.5. The van der Waals surface area contributed by atoms with Gasteiger partial charge in [0, 0.05) is 44.8 Å². The molecule has 0 spiro atoms. The number of amides is 1. The predicted molar refractivity (Wildman–Crippen MR) is 122 cm³/mol. The van der Waals surface area contributed by atoms with E-state index < -0.39 is 0 Å². The van der Waals surface area contributed by atoms with Crippen LogP contribution in [0.2, 0.25) is 0 Å². The number of carbonyl (C=O) groups is 1. The first-order valence-electron chi connectivity index (χ1n) is 10.7. The van der Waals surface area contributed by atoms with Crippen LogP contribution in [0.3, 0.4) is 0 Å². The van der Waals surface area contributed by atoms with Crippen LogP contribution in [0, 0.1) is 0 Å². The quantitative estimate of drug-likeness (QED) is 0.397. The average Bonchev–Trinajstić information content (AvgIpc) is 3.58. The molecule has 0 radical (unpaired) electrons. The molecule has 0 bridgehead atoms. The molecule has 1 saturated heterocycles. The Morgan fingerprint density at radius 3 is 2.78 bits per heavy atom. The van der Waals surface area contributed by atoms with Gasteiger partial charge in [-0.1, -0.05) is 23.4 Å². The van der Waals surface area contributed by atoms with Crippen molar-refractivity contribution < 1.29 is 13.7 Å². The van der Waals surface area contributed by atoms with Crippen molar-refractivity contribution in [2.24, 2.45) is 0 Å². The maximum atomic E-state index is 12.5. The molecule has 0 atom stereocenters. The van der Waals surface area contributed by atoms with E-state index in [0.29, 0.717) is 30.7 Å². The van der Waals surface area contributed by atoms with E-state index in [9.17, 15) is 4.79 Å². The highest BCUT2D eigenvalue weighted by Crippen LogP contribution is 2.21. The number of oxazole rings is 1. The number of aryl methyl sites for hydroxylation is 1. The van der Waals surface area contributed by atoms with Gasteiger partial charge in [-0.05, 0) is 36.5 Å². The van der Waals surface area contributed by atoms with Gasteiger partial charge >= 0.3 is 0 Å². The molecule has 0 aliphatic carbocycles. The summed E-state index contributed by atoms with van der Waals surface area (Å²) >= 11 is 1.60. The number of hydrogen-bond donors (Lipinski definition) is 0. The molecule has 9 heteroatoms. The van der Waals surface area contributed by atoms with Gasteiger partial charge in [-0.2, -0.15) is 4.98 Å². The van der Waals surface area contributed by atoms with Gasteiger partial charge in [0.1, 0.15) is 5.52 Å². The van der Waals surface area contributed by atoms with Gasteiger partial charge in [0.25, 0.3) is 0 Å². The Labute approximate surface area is 189 Å². The van der Waals surface area contributed by atoms with E-state index >= 15 is 0 Å². The van der Waals surface area contributed by atoms with Gasteiger partial charge in [-0.15, -0.1) is 11.3 Å². The van der Waals surface area contributed by atoms with Crippen LogP contribution in [0.5, 0.6) is 0 Å². The summed E-state index contributed by atoms with van der Waals surface area (Å²) in [6.45, 7) is 4.07. The van der Waals surface area contributed by atoms with Crippen molar-refractivity contribution in [1.29, 1.82) is 0 Å². The Hall–Kier alpha value is -3.30. The van der Waals surface area contributed by atoms with Gasteiger partial charge in [0.2, 0.25) is 23.5 Å². The van der Waals surface area contributed by atoms with E-state index in [2.05, 4.69) is 20.0 Å². The molecule has 0 unspecified atom stereocenters. The number of para-hydroxylation sites is 2. The van der Waals surface area contributed by atoms with Crippen LogP contribution >= 0.6 is 11.3 Å². The minimum atomic E-state index is -0.0149. The Balaban J connectivity index is 1.05. The fourth-order valence-corrected chi connectivity index (χ4v) is 4.37. The number of nitrogens with zero attached hydrogens (tertiary/aromatic N) is 5. The lowest BCUT2D eigenvalue weighted by Gasteiger charge is -2.34. The summed E-state index contributed by atoms with van der Waals surface area (Å²) in [6, 6.07) is 11.5. The second kappa shape index (κ2) is 9.46. The molecule has 3 aromatic heterocycles. The van der Waals surface area contributed by atoms with E-state index in [1.54, 1.807) is 23.5 Å². The topological polar surface area (TPSA) is 88.5 Å². The van der Waals surface area contributed by atoms with Crippen LogP contribution in [-0.2, 0) is 11.2 Å². The second-order valence-corrected chi connectivity index (χ2v) is 8.56. The highest BCUT2D eigenvalue weighted by molar-refractivity contribution is 7.13. The number of piperazine rings is 1. The summed E-state index contributed by atoms with van der Waals surface area (Å²) < 4.78 is 11.0. The minimum Gasteiger partial charge on any atom is -0.437 e. The summed E-state index contributed by atoms with van der Waals surface area (Å²) in [5.41, 5.74) is 1.51. The molecule has 4 aromatic rings. The van der Waals surface area contributed by atoms with E-state index in [1.165, 1.54) is 0 Å². The summed E-state index contributed by atoms with van der Waals surface area (Å²) in [5.74, 6) is 1.76. The number of fused-ring (bicyclic) bond motifs is 1. The highest BCUT2D eigenvalue weighted by atomic mass is 32.1. The lowest BCUT2D eigenvalue weighted by molar-refractivity contribution is -0.127. The number of rotatable bonds is 7. The molecule has 8 nitrogen and oxygen atoms in total. The van der Waals surface area contributed by atoms with Gasteiger partial charge in [0.05, 0.1) is 4.88 Å². The third-order valence-electron chi connectivity index (χ3n) is 5.44. The van der Waals surface area contributed by atoms with E-state index in [4.69, 9.17) is 8.94 Å². The summed E-state index contributed by atoms with van der Waals surface area (Å²) in [5, 5.41) is 6.06. The van der Waals surface area contributed by atoms with Crippen LogP contribution in [0.4, 0.5) is 0 Å². The lowest BCUT2D eigenvalue weighted by atomic mass is 10.2. The first-order valence-corrected chi connectivity index (χ1v) is 11.5. The largest absolute Gasteiger partial charge is 0.437 e. The van der Waals surface area contributed by atoms with Gasteiger partial charge in [-0.3, -0.25) is 9.69 Å². The zero-order valence-electron chi connectivity index (χ0n) is 17.5. The first kappa shape index (κ1) is 20.6. The zero-order valence-corrected chi connectivity index (χ0v) is 18.3. The van der Waals surface area contributed by atoms with Gasteiger partial charge in [0.15, 0.2) is 5.58 Å². The number of thiophene rings is 1. The average molecular weight is 450 g/mol. The molecule has 164 valence electrons. The van der Waals surface area contributed by atoms with Crippen molar-refractivity contribution in [3.8, 4) is 10.7 Å². The number of aromatic nitrogens is 3. The van der Waals surface area contributed by atoms with Crippen molar-refractivity contribution in [3.63, 3.8) is 0 Å². The Morgan fingerprint density at radius 1 is 1.09 bits per heavy atom. The molecule has 1 aliphatic heterocycles. The molecule has 1 aromatic carbocycles. The summed E-state index contributed by atoms with van der Waals surface area (Å²) in [7, 11) is 0. The molecular formula is C23H23N5O3S. The number of carbonyl (C=O) groups excluding carboxylic acids is 1. The van der Waals surface area contributed by atoms with Crippen LogP contribution in [-0.4, -0.2) is 63.6 Å². The predicted octanol–water partition coefficient (Wildman–Crippen LogP) is 3.73. The molecular weight excluding hydrogens is 426 g/mol. The van der Waals surface area contributed by atoms with Crippen LogP contribution < -0.4 is 0 Å². The standard InChI is InChI=1S/C23H23N5O3S/c29-22(10-9-20-24-17-5-1-2-6-18(17)30-20)28-14-12-27(13-15-28)11-3-8-21-25-23(26-31-21)19-7-4-16-32-19/h1-2,4-7,9-10,16H,3,8,11-15H2/b10-9+.